The molecule has 1 aliphatic rings. The largest absolute Gasteiger partial charge is 0.370 e. The molecular formula is C16H26BrN3. The fourth-order valence-corrected chi connectivity index (χ4v) is 3.22. The molecule has 3 nitrogen and oxygen atoms in total. The van der Waals surface area contributed by atoms with Crippen molar-refractivity contribution in [3.63, 3.8) is 0 Å². The van der Waals surface area contributed by atoms with Crippen LogP contribution in [0.15, 0.2) is 10.7 Å². The molecule has 0 aliphatic heterocycles. The van der Waals surface area contributed by atoms with Crippen molar-refractivity contribution >= 4 is 21.7 Å². The Labute approximate surface area is 131 Å². The average molecular weight is 340 g/mol. The third-order valence-corrected chi connectivity index (χ3v) is 4.39. The Bertz CT molecular complexity index is 454. The van der Waals surface area contributed by atoms with Gasteiger partial charge in [0, 0.05) is 18.0 Å². The topological polar surface area (TPSA) is 37.8 Å². The maximum Gasteiger partial charge on any atom is 0.137 e. The molecule has 1 aliphatic carbocycles. The summed E-state index contributed by atoms with van der Waals surface area (Å²) in [6.07, 6.45) is 5.44. The fraction of sp³-hybridized carbons (Fsp3) is 0.750. The number of hydrogen-bond donors (Lipinski definition) is 1. The first-order valence-corrected chi connectivity index (χ1v) is 8.43. The molecule has 0 saturated heterocycles. The predicted molar refractivity (Wildman–Crippen MR) is 88.0 cm³/mol. The van der Waals surface area contributed by atoms with Crippen LogP contribution in [0.4, 0.5) is 5.82 Å². The highest BCUT2D eigenvalue weighted by molar-refractivity contribution is 9.10. The lowest BCUT2D eigenvalue weighted by Crippen LogP contribution is -2.22. The Morgan fingerprint density at radius 3 is 2.70 bits per heavy atom. The normalized spacial score (nSPS) is 23.6. The van der Waals surface area contributed by atoms with E-state index in [0.717, 1.165) is 34.6 Å². The van der Waals surface area contributed by atoms with Crippen LogP contribution in [0.2, 0.25) is 0 Å². The first-order valence-electron chi connectivity index (χ1n) is 7.63. The second kappa shape index (κ2) is 6.42. The highest BCUT2D eigenvalue weighted by Crippen LogP contribution is 2.29. The molecule has 0 bridgehead atoms. The molecule has 0 spiro atoms. The Morgan fingerprint density at radius 1 is 1.30 bits per heavy atom. The summed E-state index contributed by atoms with van der Waals surface area (Å²) in [5.41, 5.74) is -0.0282. The van der Waals surface area contributed by atoms with Crippen LogP contribution in [0.25, 0.3) is 0 Å². The van der Waals surface area contributed by atoms with Crippen LogP contribution in [0, 0.1) is 11.8 Å². The van der Waals surface area contributed by atoms with Crippen molar-refractivity contribution in [3.05, 3.63) is 16.5 Å². The molecule has 0 amide bonds. The highest BCUT2D eigenvalue weighted by atomic mass is 79.9. The first-order chi connectivity index (χ1) is 9.34. The molecule has 2 atom stereocenters. The van der Waals surface area contributed by atoms with E-state index >= 15 is 0 Å². The van der Waals surface area contributed by atoms with Crippen LogP contribution < -0.4 is 5.32 Å². The summed E-state index contributed by atoms with van der Waals surface area (Å²) in [6.45, 7) is 9.81. The van der Waals surface area contributed by atoms with E-state index in [1.165, 1.54) is 25.7 Å². The molecule has 1 heterocycles. The van der Waals surface area contributed by atoms with E-state index in [1.807, 2.05) is 6.07 Å². The Balaban J connectivity index is 2.00. The quantitative estimate of drug-likeness (QED) is 0.805. The van der Waals surface area contributed by atoms with Gasteiger partial charge < -0.3 is 5.32 Å². The van der Waals surface area contributed by atoms with Gasteiger partial charge in [0.05, 0.1) is 0 Å². The number of anilines is 1. The van der Waals surface area contributed by atoms with E-state index < -0.39 is 0 Å². The van der Waals surface area contributed by atoms with Crippen LogP contribution in [-0.4, -0.2) is 16.5 Å². The molecule has 0 aromatic carbocycles. The molecule has 1 fully saturated rings. The van der Waals surface area contributed by atoms with Gasteiger partial charge in [0.25, 0.3) is 0 Å². The molecule has 1 aromatic rings. The van der Waals surface area contributed by atoms with Crippen LogP contribution in [0.5, 0.6) is 0 Å². The summed E-state index contributed by atoms with van der Waals surface area (Å²) in [7, 11) is 0. The zero-order chi connectivity index (χ0) is 14.8. The molecule has 0 radical (unpaired) electrons. The molecule has 112 valence electrons. The van der Waals surface area contributed by atoms with E-state index in [2.05, 4.69) is 58.9 Å². The van der Waals surface area contributed by atoms with Crippen LogP contribution >= 0.6 is 15.9 Å². The van der Waals surface area contributed by atoms with Crippen LogP contribution in [-0.2, 0) is 5.41 Å². The zero-order valence-electron chi connectivity index (χ0n) is 13.0. The second-order valence-electron chi connectivity index (χ2n) is 7.17. The SMILES string of the molecule is CC1CCCC(CNc2cc(Br)nc(C(C)(C)C)n2)C1. The van der Waals surface area contributed by atoms with E-state index in [-0.39, 0.29) is 5.41 Å². The van der Waals surface area contributed by atoms with E-state index in [4.69, 9.17) is 0 Å². The van der Waals surface area contributed by atoms with Crippen molar-refractivity contribution in [2.75, 3.05) is 11.9 Å². The van der Waals surface area contributed by atoms with Gasteiger partial charge in [0.1, 0.15) is 16.2 Å². The van der Waals surface area contributed by atoms with Gasteiger partial charge in [-0.25, -0.2) is 9.97 Å². The van der Waals surface area contributed by atoms with Crippen molar-refractivity contribution in [3.8, 4) is 0 Å². The zero-order valence-corrected chi connectivity index (χ0v) is 14.6. The number of nitrogens with zero attached hydrogens (tertiary/aromatic N) is 2. The number of aromatic nitrogens is 2. The maximum atomic E-state index is 4.66. The highest BCUT2D eigenvalue weighted by Gasteiger charge is 2.20. The van der Waals surface area contributed by atoms with Crippen molar-refractivity contribution in [2.24, 2.45) is 11.8 Å². The van der Waals surface area contributed by atoms with Gasteiger partial charge in [-0.15, -0.1) is 0 Å². The molecular weight excluding hydrogens is 314 g/mol. The fourth-order valence-electron chi connectivity index (χ4n) is 2.84. The first kappa shape index (κ1) is 15.7. The average Bonchev–Trinajstić information content (AvgIpc) is 2.35. The lowest BCUT2D eigenvalue weighted by atomic mass is 9.82. The summed E-state index contributed by atoms with van der Waals surface area (Å²) in [5.74, 6) is 3.48. The summed E-state index contributed by atoms with van der Waals surface area (Å²) < 4.78 is 0.858. The lowest BCUT2D eigenvalue weighted by molar-refractivity contribution is 0.293. The molecule has 2 rings (SSSR count). The number of halogens is 1. The molecule has 1 saturated carbocycles. The molecule has 1 aromatic heterocycles. The van der Waals surface area contributed by atoms with E-state index in [1.54, 1.807) is 0 Å². The summed E-state index contributed by atoms with van der Waals surface area (Å²) in [4.78, 5) is 9.13. The van der Waals surface area contributed by atoms with Gasteiger partial charge in [-0.2, -0.15) is 0 Å². The summed E-state index contributed by atoms with van der Waals surface area (Å²) in [5, 5.41) is 3.51. The predicted octanol–water partition coefficient (Wildman–Crippen LogP) is 4.77. The summed E-state index contributed by atoms with van der Waals surface area (Å²) >= 11 is 3.49. The van der Waals surface area contributed by atoms with Gasteiger partial charge in [-0.05, 0) is 40.6 Å². The molecule has 20 heavy (non-hydrogen) atoms. The minimum Gasteiger partial charge on any atom is -0.370 e. The van der Waals surface area contributed by atoms with Crippen molar-refractivity contribution in [1.29, 1.82) is 0 Å². The minimum absolute atomic E-state index is 0.0282. The monoisotopic (exact) mass is 339 g/mol. The van der Waals surface area contributed by atoms with E-state index in [0.29, 0.717) is 0 Å². The third-order valence-electron chi connectivity index (χ3n) is 3.98. The third kappa shape index (κ3) is 4.44. The van der Waals surface area contributed by atoms with Gasteiger partial charge in [0.2, 0.25) is 0 Å². The number of hydrogen-bond acceptors (Lipinski definition) is 3. The Hall–Kier alpha value is -0.640. The van der Waals surface area contributed by atoms with Crippen molar-refractivity contribution in [1.82, 2.24) is 9.97 Å². The van der Waals surface area contributed by atoms with Gasteiger partial charge in [0.15, 0.2) is 0 Å². The Morgan fingerprint density at radius 2 is 2.05 bits per heavy atom. The lowest BCUT2D eigenvalue weighted by Gasteiger charge is -2.27. The molecule has 1 N–H and O–H groups in total. The maximum absolute atomic E-state index is 4.66. The van der Waals surface area contributed by atoms with Gasteiger partial charge in [-0.3, -0.25) is 0 Å². The van der Waals surface area contributed by atoms with Gasteiger partial charge >= 0.3 is 0 Å². The second-order valence-corrected chi connectivity index (χ2v) is 7.98. The molecule has 2 unspecified atom stereocenters. The summed E-state index contributed by atoms with van der Waals surface area (Å²) in [6, 6.07) is 1.97. The minimum atomic E-state index is -0.0282. The van der Waals surface area contributed by atoms with Gasteiger partial charge in [-0.1, -0.05) is 40.5 Å². The van der Waals surface area contributed by atoms with E-state index in [9.17, 15) is 0 Å². The number of nitrogens with one attached hydrogen (secondary N) is 1. The standard InChI is InChI=1S/C16H26BrN3/c1-11-6-5-7-12(8-11)10-18-14-9-13(17)19-15(20-14)16(2,3)4/h9,11-12H,5-8,10H2,1-4H3,(H,18,19,20). The Kier molecular flexibility index (Phi) is 5.05. The molecule has 4 heteroatoms. The van der Waals surface area contributed by atoms with Crippen molar-refractivity contribution in [2.45, 2.75) is 58.8 Å². The van der Waals surface area contributed by atoms with Crippen LogP contribution in [0.1, 0.15) is 59.2 Å². The van der Waals surface area contributed by atoms with Crippen LogP contribution in [0.3, 0.4) is 0 Å². The van der Waals surface area contributed by atoms with Crippen molar-refractivity contribution < 1.29 is 0 Å². The smallest absolute Gasteiger partial charge is 0.137 e. The number of rotatable bonds is 3.